The van der Waals surface area contributed by atoms with Gasteiger partial charge in [-0.05, 0) is 30.5 Å². The lowest BCUT2D eigenvalue weighted by Gasteiger charge is -2.20. The monoisotopic (exact) mass is 474 g/mol. The Labute approximate surface area is 197 Å². The van der Waals surface area contributed by atoms with Crippen molar-refractivity contribution in [3.8, 4) is 0 Å². The molecule has 10 heteroatoms. The molecule has 9 nitrogen and oxygen atoms in total. The van der Waals surface area contributed by atoms with E-state index >= 15 is 0 Å². The first-order valence-electron chi connectivity index (χ1n) is 11.0. The average molecular weight is 475 g/mol. The van der Waals surface area contributed by atoms with Crippen molar-refractivity contribution in [2.75, 3.05) is 25.3 Å². The summed E-state index contributed by atoms with van der Waals surface area (Å²) in [6.45, 7) is 0. The number of methoxy groups -OCH3 is 2. The summed E-state index contributed by atoms with van der Waals surface area (Å²) in [4.78, 5) is 36.3. The highest BCUT2D eigenvalue weighted by molar-refractivity contribution is 7.99. The first-order valence-corrected chi connectivity index (χ1v) is 12.0. The molecule has 178 valence electrons. The van der Waals surface area contributed by atoms with Crippen LogP contribution in [-0.4, -0.2) is 52.6 Å². The highest BCUT2D eigenvalue weighted by atomic mass is 32.2. The zero-order valence-corrected chi connectivity index (χ0v) is 20.1. The van der Waals surface area contributed by atoms with Crippen LogP contribution < -0.4 is 5.32 Å². The fourth-order valence-corrected chi connectivity index (χ4v) is 4.73. The number of esters is 2. The van der Waals surface area contributed by atoms with Gasteiger partial charge in [0.05, 0.1) is 31.1 Å². The molecule has 0 aliphatic heterocycles. The number of aromatic nitrogens is 3. The predicted octanol–water partition coefficient (Wildman–Crippen LogP) is 3.63. The largest absolute Gasteiger partial charge is 0.465 e. The van der Waals surface area contributed by atoms with Gasteiger partial charge in [0.2, 0.25) is 5.91 Å². The number of hydrogen-bond acceptors (Lipinski definition) is 8. The topological polar surface area (TPSA) is 112 Å². The fraction of sp³-hybridized carbons (Fsp3) is 0.522. The van der Waals surface area contributed by atoms with Crippen LogP contribution in [0.25, 0.3) is 0 Å². The second-order valence-corrected chi connectivity index (χ2v) is 9.06. The van der Waals surface area contributed by atoms with Crippen molar-refractivity contribution in [1.82, 2.24) is 14.8 Å². The molecule has 3 rings (SSSR count). The number of nitrogens with one attached hydrogen (secondary N) is 1. The van der Waals surface area contributed by atoms with Gasteiger partial charge in [0.15, 0.2) is 5.16 Å². The van der Waals surface area contributed by atoms with E-state index in [4.69, 9.17) is 9.47 Å². The minimum atomic E-state index is -0.620. The van der Waals surface area contributed by atoms with Gasteiger partial charge in [-0.15, -0.1) is 10.2 Å². The quantitative estimate of drug-likeness (QED) is 0.433. The van der Waals surface area contributed by atoms with Crippen LogP contribution in [0.4, 0.5) is 5.69 Å². The molecule has 0 radical (unpaired) electrons. The van der Waals surface area contributed by atoms with Gasteiger partial charge in [0.1, 0.15) is 5.82 Å². The number of nitrogens with zero attached hydrogens (tertiary/aromatic N) is 3. The Morgan fingerprint density at radius 3 is 2.27 bits per heavy atom. The number of carbonyl (C=O) groups excluding carboxylic acids is 3. The van der Waals surface area contributed by atoms with Crippen LogP contribution in [0.15, 0.2) is 23.4 Å². The summed E-state index contributed by atoms with van der Waals surface area (Å²) in [5, 5.41) is 11.9. The van der Waals surface area contributed by atoms with E-state index in [1.807, 2.05) is 11.6 Å². The number of thioether (sulfide) groups is 1. The Hall–Kier alpha value is -2.88. The molecule has 2 aromatic rings. The molecule has 1 fully saturated rings. The molecule has 1 amide bonds. The summed E-state index contributed by atoms with van der Waals surface area (Å²) in [6.07, 6.45) is 8.60. The summed E-state index contributed by atoms with van der Waals surface area (Å²) in [6, 6.07) is 4.26. The molecule has 0 spiro atoms. The molecular weight excluding hydrogens is 444 g/mol. The Morgan fingerprint density at radius 1 is 1.03 bits per heavy atom. The van der Waals surface area contributed by atoms with Gasteiger partial charge in [-0.3, -0.25) is 4.79 Å². The molecule has 1 aromatic carbocycles. The highest BCUT2D eigenvalue weighted by Gasteiger charge is 2.18. The summed E-state index contributed by atoms with van der Waals surface area (Å²) < 4.78 is 11.4. The molecule has 1 heterocycles. The van der Waals surface area contributed by atoms with Gasteiger partial charge in [0.25, 0.3) is 0 Å². The lowest BCUT2D eigenvalue weighted by Crippen LogP contribution is -2.16. The van der Waals surface area contributed by atoms with Gasteiger partial charge in [-0.1, -0.05) is 43.9 Å². The molecule has 0 unspecified atom stereocenters. The zero-order valence-electron chi connectivity index (χ0n) is 19.3. The van der Waals surface area contributed by atoms with Crippen LogP contribution in [0.1, 0.15) is 65.1 Å². The van der Waals surface area contributed by atoms with E-state index in [-0.39, 0.29) is 22.8 Å². The van der Waals surface area contributed by atoms with Crippen molar-refractivity contribution < 1.29 is 23.9 Å². The Balaban J connectivity index is 1.58. The third-order valence-corrected chi connectivity index (χ3v) is 6.84. The van der Waals surface area contributed by atoms with E-state index in [0.717, 1.165) is 24.6 Å². The first kappa shape index (κ1) is 24.8. The van der Waals surface area contributed by atoms with Gasteiger partial charge >= 0.3 is 11.9 Å². The molecule has 1 aromatic heterocycles. The van der Waals surface area contributed by atoms with Crippen molar-refractivity contribution in [2.24, 2.45) is 13.0 Å². The maximum atomic E-state index is 12.5. The molecule has 1 aliphatic rings. The predicted molar refractivity (Wildman–Crippen MR) is 124 cm³/mol. The van der Waals surface area contributed by atoms with Gasteiger partial charge in [-0.2, -0.15) is 0 Å². The summed E-state index contributed by atoms with van der Waals surface area (Å²) in [5.74, 6) is 0.260. The van der Waals surface area contributed by atoms with Crippen molar-refractivity contribution in [2.45, 2.75) is 50.1 Å². The maximum absolute atomic E-state index is 12.5. The number of hydrogen-bond donors (Lipinski definition) is 1. The van der Waals surface area contributed by atoms with E-state index in [1.54, 1.807) is 0 Å². The molecule has 0 atom stereocenters. The van der Waals surface area contributed by atoms with Crippen LogP contribution >= 0.6 is 11.8 Å². The van der Waals surface area contributed by atoms with Crippen LogP contribution in [0, 0.1) is 5.92 Å². The normalized spacial score (nSPS) is 14.0. The molecule has 1 saturated carbocycles. The molecule has 33 heavy (non-hydrogen) atoms. The van der Waals surface area contributed by atoms with Crippen molar-refractivity contribution in [1.29, 1.82) is 0 Å². The number of rotatable bonds is 9. The number of anilines is 1. The van der Waals surface area contributed by atoms with E-state index < -0.39 is 11.9 Å². The second-order valence-electron chi connectivity index (χ2n) is 8.12. The van der Waals surface area contributed by atoms with E-state index in [1.165, 1.54) is 76.3 Å². The minimum absolute atomic E-state index is 0.102. The van der Waals surface area contributed by atoms with Crippen molar-refractivity contribution in [3.63, 3.8) is 0 Å². The van der Waals surface area contributed by atoms with Gasteiger partial charge in [-0.25, -0.2) is 9.59 Å². The Kier molecular flexibility index (Phi) is 8.87. The van der Waals surface area contributed by atoms with Crippen LogP contribution in [0.3, 0.4) is 0 Å². The van der Waals surface area contributed by atoms with E-state index in [0.29, 0.717) is 10.8 Å². The lowest BCUT2D eigenvalue weighted by molar-refractivity contribution is -0.113. The standard InChI is InChI=1S/C23H30N4O5S/c1-27-19(10-9-15-7-5-4-6-8-15)25-26-23(27)33-14-20(28)24-18-12-16(21(29)31-2)11-17(13-18)22(30)32-3/h11-13,15H,4-10,14H2,1-3H3,(H,24,28). The number of aryl methyl sites for hydroxylation is 1. The molecular formula is C23H30N4O5S. The molecule has 0 saturated heterocycles. The summed E-state index contributed by atoms with van der Waals surface area (Å²) in [5.41, 5.74) is 0.577. The van der Waals surface area contributed by atoms with Crippen molar-refractivity contribution >= 4 is 35.3 Å². The Morgan fingerprint density at radius 2 is 1.67 bits per heavy atom. The van der Waals surface area contributed by atoms with Gasteiger partial charge < -0.3 is 19.4 Å². The smallest absolute Gasteiger partial charge is 0.337 e. The Bertz CT molecular complexity index is 966. The second kappa shape index (κ2) is 11.8. The van der Waals surface area contributed by atoms with Gasteiger partial charge in [0, 0.05) is 19.2 Å². The van der Waals surface area contributed by atoms with E-state index in [2.05, 4.69) is 15.5 Å². The van der Waals surface area contributed by atoms with Crippen LogP contribution in [-0.2, 0) is 27.7 Å². The molecule has 1 aliphatic carbocycles. The lowest BCUT2D eigenvalue weighted by atomic mass is 9.86. The number of carbonyl (C=O) groups is 3. The van der Waals surface area contributed by atoms with E-state index in [9.17, 15) is 14.4 Å². The molecule has 0 bridgehead atoms. The molecule has 1 N–H and O–H groups in total. The van der Waals surface area contributed by atoms with Crippen LogP contribution in [0.2, 0.25) is 0 Å². The zero-order chi connectivity index (χ0) is 23.8. The van der Waals surface area contributed by atoms with Crippen LogP contribution in [0.5, 0.6) is 0 Å². The number of benzene rings is 1. The fourth-order valence-electron chi connectivity index (χ4n) is 4.00. The third kappa shape index (κ3) is 6.80. The third-order valence-electron chi connectivity index (χ3n) is 5.82. The van der Waals surface area contributed by atoms with Crippen molar-refractivity contribution in [3.05, 3.63) is 35.2 Å². The SMILES string of the molecule is COC(=O)c1cc(NC(=O)CSc2nnc(CCC3CCCCC3)n2C)cc(C(=O)OC)c1. The average Bonchev–Trinajstić information content (AvgIpc) is 3.19. The number of amides is 1. The maximum Gasteiger partial charge on any atom is 0.337 e. The minimum Gasteiger partial charge on any atom is -0.465 e. The summed E-state index contributed by atoms with van der Waals surface area (Å²) >= 11 is 1.28. The highest BCUT2D eigenvalue weighted by Crippen LogP contribution is 2.27. The first-order chi connectivity index (χ1) is 15.9. The summed E-state index contributed by atoms with van der Waals surface area (Å²) in [7, 11) is 4.40. The number of ether oxygens (including phenoxy) is 2.